The van der Waals surface area contributed by atoms with Crippen LogP contribution in [0.3, 0.4) is 0 Å². The minimum atomic E-state index is -0.646. The lowest BCUT2D eigenvalue weighted by atomic mass is 9.62. The molecular formula is C13H25NO2. The summed E-state index contributed by atoms with van der Waals surface area (Å²) in [5.74, 6) is 0.732. The smallest absolute Gasteiger partial charge is 0.0828 e. The van der Waals surface area contributed by atoms with Crippen LogP contribution in [0.2, 0.25) is 0 Å². The van der Waals surface area contributed by atoms with E-state index in [9.17, 15) is 5.11 Å². The molecule has 2 aliphatic carbocycles. The van der Waals surface area contributed by atoms with Crippen molar-refractivity contribution < 1.29 is 9.84 Å². The molecule has 16 heavy (non-hydrogen) atoms. The summed E-state index contributed by atoms with van der Waals surface area (Å²) in [6, 6.07) is 0. The number of hydrogen-bond donors (Lipinski definition) is 2. The van der Waals surface area contributed by atoms with Crippen LogP contribution in [0.4, 0.5) is 0 Å². The van der Waals surface area contributed by atoms with Crippen molar-refractivity contribution in [3.8, 4) is 0 Å². The lowest BCUT2D eigenvalue weighted by Gasteiger charge is -2.54. The highest BCUT2D eigenvalue weighted by Crippen LogP contribution is 2.46. The second-order valence-corrected chi connectivity index (χ2v) is 5.99. The van der Waals surface area contributed by atoms with Gasteiger partial charge in [-0.15, -0.1) is 0 Å². The Labute approximate surface area is 98.4 Å². The van der Waals surface area contributed by atoms with Gasteiger partial charge in [-0.25, -0.2) is 0 Å². The summed E-state index contributed by atoms with van der Waals surface area (Å²) in [5, 5.41) is 10.8. The molecule has 3 heteroatoms. The Bertz CT molecular complexity index is 250. The Morgan fingerprint density at radius 3 is 2.56 bits per heavy atom. The zero-order chi connectivity index (χ0) is 11.8. The molecule has 0 radical (unpaired) electrons. The monoisotopic (exact) mass is 227 g/mol. The summed E-state index contributed by atoms with van der Waals surface area (Å²) in [6.07, 6.45) is 7.05. The van der Waals surface area contributed by atoms with Crippen LogP contribution in [0.15, 0.2) is 0 Å². The molecule has 2 rings (SSSR count). The predicted octanol–water partition coefficient (Wildman–Crippen LogP) is 1.82. The molecule has 2 unspecified atom stereocenters. The van der Waals surface area contributed by atoms with E-state index in [2.05, 4.69) is 6.92 Å². The van der Waals surface area contributed by atoms with Crippen LogP contribution in [0, 0.1) is 5.92 Å². The van der Waals surface area contributed by atoms with E-state index in [1.165, 1.54) is 6.42 Å². The molecule has 0 aromatic heterocycles. The lowest BCUT2D eigenvalue weighted by Crippen LogP contribution is -2.69. The van der Waals surface area contributed by atoms with E-state index >= 15 is 0 Å². The third kappa shape index (κ3) is 2.01. The fourth-order valence-electron chi connectivity index (χ4n) is 3.29. The van der Waals surface area contributed by atoms with E-state index in [1.807, 2.05) is 0 Å². The first-order valence-corrected chi connectivity index (χ1v) is 6.53. The van der Waals surface area contributed by atoms with Crippen molar-refractivity contribution in [2.24, 2.45) is 11.7 Å². The summed E-state index contributed by atoms with van der Waals surface area (Å²) >= 11 is 0. The second-order valence-electron chi connectivity index (χ2n) is 5.99. The Kier molecular flexibility index (Phi) is 3.30. The molecule has 0 aromatic rings. The van der Waals surface area contributed by atoms with E-state index in [0.717, 1.165) is 44.4 Å². The first-order chi connectivity index (χ1) is 7.49. The van der Waals surface area contributed by atoms with Gasteiger partial charge < -0.3 is 15.6 Å². The van der Waals surface area contributed by atoms with Crippen molar-refractivity contribution in [1.29, 1.82) is 0 Å². The van der Waals surface area contributed by atoms with E-state index in [4.69, 9.17) is 10.5 Å². The fourth-order valence-corrected chi connectivity index (χ4v) is 3.29. The van der Waals surface area contributed by atoms with Crippen LogP contribution in [0.5, 0.6) is 0 Å². The summed E-state index contributed by atoms with van der Waals surface area (Å²) < 4.78 is 5.28. The summed E-state index contributed by atoms with van der Waals surface area (Å²) in [7, 11) is 1.73. The van der Waals surface area contributed by atoms with E-state index in [-0.39, 0.29) is 6.10 Å². The third-order valence-corrected chi connectivity index (χ3v) is 4.78. The lowest BCUT2D eigenvalue weighted by molar-refractivity contribution is -0.133. The van der Waals surface area contributed by atoms with Gasteiger partial charge in [-0.1, -0.05) is 19.8 Å². The standard InChI is InChI=1S/C13H25NO2/c1-10-4-3-6-13(15,7-5-10)12(14)8-11(9-12)16-2/h10-11,15H,3-9,14H2,1-2H3. The van der Waals surface area contributed by atoms with Gasteiger partial charge in [0.1, 0.15) is 0 Å². The number of aliphatic hydroxyl groups is 1. The van der Waals surface area contributed by atoms with Crippen LogP contribution in [-0.2, 0) is 4.74 Å². The molecule has 0 bridgehead atoms. The molecule has 3 nitrogen and oxygen atoms in total. The number of hydrogen-bond acceptors (Lipinski definition) is 3. The van der Waals surface area contributed by atoms with Gasteiger partial charge in [-0.2, -0.15) is 0 Å². The maximum absolute atomic E-state index is 10.8. The molecule has 0 amide bonds. The zero-order valence-corrected chi connectivity index (χ0v) is 10.5. The number of nitrogens with two attached hydrogens (primary N) is 1. The SMILES string of the molecule is COC1CC(N)(C2(O)CCCC(C)CC2)C1. The number of rotatable bonds is 2. The molecule has 2 aliphatic rings. The van der Waals surface area contributed by atoms with Crippen LogP contribution in [-0.4, -0.2) is 29.5 Å². The van der Waals surface area contributed by atoms with Gasteiger partial charge in [0, 0.05) is 12.6 Å². The highest BCUT2D eigenvalue weighted by molar-refractivity contribution is 5.12. The molecule has 0 aliphatic heterocycles. The minimum absolute atomic E-state index is 0.259. The van der Waals surface area contributed by atoms with Crippen LogP contribution >= 0.6 is 0 Å². The fraction of sp³-hybridized carbons (Fsp3) is 1.00. The van der Waals surface area contributed by atoms with Crippen molar-refractivity contribution >= 4 is 0 Å². The molecule has 2 atom stereocenters. The highest BCUT2D eigenvalue weighted by atomic mass is 16.5. The van der Waals surface area contributed by atoms with Crippen LogP contribution in [0.1, 0.15) is 51.9 Å². The normalized spacial score (nSPS) is 49.5. The second kappa shape index (κ2) is 4.28. The Morgan fingerprint density at radius 1 is 1.25 bits per heavy atom. The highest BCUT2D eigenvalue weighted by Gasteiger charge is 2.55. The van der Waals surface area contributed by atoms with E-state index < -0.39 is 11.1 Å². The van der Waals surface area contributed by atoms with E-state index in [1.54, 1.807) is 7.11 Å². The average molecular weight is 227 g/mol. The van der Waals surface area contributed by atoms with Crippen molar-refractivity contribution in [2.45, 2.75) is 69.1 Å². The first-order valence-electron chi connectivity index (χ1n) is 6.53. The minimum Gasteiger partial charge on any atom is -0.388 e. The molecule has 0 heterocycles. The maximum atomic E-state index is 10.8. The van der Waals surface area contributed by atoms with Gasteiger partial charge in [-0.3, -0.25) is 0 Å². The van der Waals surface area contributed by atoms with Gasteiger partial charge in [0.2, 0.25) is 0 Å². The Morgan fingerprint density at radius 2 is 1.94 bits per heavy atom. The molecule has 3 N–H and O–H groups in total. The number of methoxy groups -OCH3 is 1. The third-order valence-electron chi connectivity index (χ3n) is 4.78. The van der Waals surface area contributed by atoms with Crippen LogP contribution in [0.25, 0.3) is 0 Å². The van der Waals surface area contributed by atoms with Crippen molar-refractivity contribution in [2.75, 3.05) is 7.11 Å². The van der Waals surface area contributed by atoms with Gasteiger partial charge >= 0.3 is 0 Å². The van der Waals surface area contributed by atoms with Crippen molar-refractivity contribution in [3.05, 3.63) is 0 Å². The van der Waals surface area contributed by atoms with Gasteiger partial charge in [0.05, 0.1) is 11.7 Å². The average Bonchev–Trinajstić information content (AvgIpc) is 2.37. The first kappa shape index (κ1) is 12.3. The number of ether oxygens (including phenoxy) is 1. The van der Waals surface area contributed by atoms with E-state index in [0.29, 0.717) is 0 Å². The molecule has 2 saturated carbocycles. The topological polar surface area (TPSA) is 55.5 Å². The van der Waals surface area contributed by atoms with Gasteiger partial charge in [0.25, 0.3) is 0 Å². The van der Waals surface area contributed by atoms with Gasteiger partial charge in [-0.05, 0) is 38.0 Å². The predicted molar refractivity (Wildman–Crippen MR) is 64.1 cm³/mol. The molecule has 94 valence electrons. The molecular weight excluding hydrogens is 202 g/mol. The summed E-state index contributed by atoms with van der Waals surface area (Å²) in [5.41, 5.74) is 5.33. The molecule has 0 spiro atoms. The quantitative estimate of drug-likeness (QED) is 0.708. The molecule has 0 aromatic carbocycles. The summed E-state index contributed by atoms with van der Waals surface area (Å²) in [4.78, 5) is 0. The maximum Gasteiger partial charge on any atom is 0.0828 e. The summed E-state index contributed by atoms with van der Waals surface area (Å²) in [6.45, 7) is 2.27. The zero-order valence-electron chi connectivity index (χ0n) is 10.5. The largest absolute Gasteiger partial charge is 0.388 e. The molecule has 2 fully saturated rings. The Hall–Kier alpha value is -0.120. The Balaban J connectivity index is 2.01. The molecule has 0 saturated heterocycles. The van der Waals surface area contributed by atoms with Crippen LogP contribution < -0.4 is 5.73 Å². The van der Waals surface area contributed by atoms with Crippen molar-refractivity contribution in [1.82, 2.24) is 0 Å². The van der Waals surface area contributed by atoms with Crippen molar-refractivity contribution in [3.63, 3.8) is 0 Å². The van der Waals surface area contributed by atoms with Gasteiger partial charge in [0.15, 0.2) is 0 Å².